The minimum absolute atomic E-state index is 0.581. The van der Waals surface area contributed by atoms with E-state index in [2.05, 4.69) is 29.1 Å². The van der Waals surface area contributed by atoms with Crippen LogP contribution in [0.4, 0.5) is 0 Å². The maximum atomic E-state index is 5.02. The maximum Gasteiger partial charge on any atom is 0.0462 e. The highest BCUT2D eigenvalue weighted by atomic mass is 32.1. The molecule has 1 heterocycles. The Bertz CT molecular complexity index is 248. The standard InChI is InChI=1S/C13H23NOS/c1-12(10-13-6-9-16-11-13)14-7-4-3-5-8-15-2/h6,9,11-12,14H,3-5,7-8,10H2,1-2H3. The first-order valence-corrected chi connectivity index (χ1v) is 7.00. The van der Waals surface area contributed by atoms with Gasteiger partial charge in [0.15, 0.2) is 0 Å². The molecule has 92 valence electrons. The van der Waals surface area contributed by atoms with Crippen LogP contribution in [0.15, 0.2) is 16.8 Å². The molecule has 1 N–H and O–H groups in total. The molecule has 0 aliphatic carbocycles. The summed E-state index contributed by atoms with van der Waals surface area (Å²) in [5.41, 5.74) is 1.45. The second kappa shape index (κ2) is 8.74. The zero-order chi connectivity index (χ0) is 11.6. The lowest BCUT2D eigenvalue weighted by Gasteiger charge is -2.12. The number of hydrogen-bond acceptors (Lipinski definition) is 3. The normalized spacial score (nSPS) is 12.9. The molecule has 0 aromatic carbocycles. The van der Waals surface area contributed by atoms with Crippen molar-refractivity contribution in [2.24, 2.45) is 0 Å². The molecular formula is C13H23NOS. The molecule has 0 aliphatic heterocycles. The van der Waals surface area contributed by atoms with Crippen LogP contribution in [0.5, 0.6) is 0 Å². The molecule has 1 rings (SSSR count). The van der Waals surface area contributed by atoms with Crippen LogP contribution < -0.4 is 5.32 Å². The monoisotopic (exact) mass is 241 g/mol. The van der Waals surface area contributed by atoms with Crippen LogP contribution in [0.1, 0.15) is 31.7 Å². The van der Waals surface area contributed by atoms with Gasteiger partial charge < -0.3 is 10.1 Å². The van der Waals surface area contributed by atoms with Gasteiger partial charge in [0.05, 0.1) is 0 Å². The lowest BCUT2D eigenvalue weighted by Crippen LogP contribution is -2.28. The first-order chi connectivity index (χ1) is 7.83. The lowest BCUT2D eigenvalue weighted by molar-refractivity contribution is 0.192. The minimum atomic E-state index is 0.581. The molecule has 0 spiro atoms. The van der Waals surface area contributed by atoms with Crippen molar-refractivity contribution in [1.82, 2.24) is 5.32 Å². The van der Waals surface area contributed by atoms with Crippen LogP contribution in [0, 0.1) is 0 Å². The number of rotatable bonds is 9. The average molecular weight is 241 g/mol. The molecule has 0 bridgehead atoms. The molecule has 1 aromatic rings. The third-order valence-corrected chi connectivity index (χ3v) is 3.37. The highest BCUT2D eigenvalue weighted by Crippen LogP contribution is 2.08. The van der Waals surface area contributed by atoms with E-state index in [0.717, 1.165) is 19.6 Å². The van der Waals surface area contributed by atoms with E-state index in [9.17, 15) is 0 Å². The molecule has 1 atom stereocenters. The number of hydrogen-bond donors (Lipinski definition) is 1. The Hall–Kier alpha value is -0.380. The van der Waals surface area contributed by atoms with E-state index in [1.54, 1.807) is 18.4 Å². The van der Waals surface area contributed by atoms with Crippen LogP contribution in [-0.4, -0.2) is 26.3 Å². The van der Waals surface area contributed by atoms with Gasteiger partial charge in [0.1, 0.15) is 0 Å². The van der Waals surface area contributed by atoms with Crippen LogP contribution in [0.25, 0.3) is 0 Å². The van der Waals surface area contributed by atoms with E-state index < -0.39 is 0 Å². The fraction of sp³-hybridized carbons (Fsp3) is 0.692. The first-order valence-electron chi connectivity index (χ1n) is 6.06. The molecule has 0 saturated heterocycles. The molecule has 0 aliphatic rings. The van der Waals surface area contributed by atoms with Crippen molar-refractivity contribution >= 4 is 11.3 Å². The summed E-state index contributed by atoms with van der Waals surface area (Å²) in [5.74, 6) is 0. The third-order valence-electron chi connectivity index (χ3n) is 2.64. The fourth-order valence-corrected chi connectivity index (χ4v) is 2.41. The summed E-state index contributed by atoms with van der Waals surface area (Å²) in [7, 11) is 1.77. The van der Waals surface area contributed by atoms with Gasteiger partial charge >= 0.3 is 0 Å². The van der Waals surface area contributed by atoms with Crippen molar-refractivity contribution in [3.63, 3.8) is 0 Å². The zero-order valence-electron chi connectivity index (χ0n) is 10.4. The maximum absolute atomic E-state index is 5.02. The highest BCUT2D eigenvalue weighted by Gasteiger charge is 2.02. The van der Waals surface area contributed by atoms with E-state index in [1.165, 1.54) is 24.8 Å². The van der Waals surface area contributed by atoms with Gasteiger partial charge in [-0.05, 0) is 61.5 Å². The van der Waals surface area contributed by atoms with Gasteiger partial charge in [-0.2, -0.15) is 11.3 Å². The predicted octanol–water partition coefficient (Wildman–Crippen LogP) is 3.09. The van der Waals surface area contributed by atoms with E-state index in [4.69, 9.17) is 4.74 Å². The molecule has 3 heteroatoms. The minimum Gasteiger partial charge on any atom is -0.385 e. The zero-order valence-corrected chi connectivity index (χ0v) is 11.2. The summed E-state index contributed by atoms with van der Waals surface area (Å²) in [5, 5.41) is 7.94. The van der Waals surface area contributed by atoms with Gasteiger partial charge in [-0.1, -0.05) is 0 Å². The molecule has 1 aromatic heterocycles. The number of thiophene rings is 1. The van der Waals surface area contributed by atoms with E-state index in [0.29, 0.717) is 6.04 Å². The molecule has 16 heavy (non-hydrogen) atoms. The van der Waals surface area contributed by atoms with Crippen molar-refractivity contribution in [3.05, 3.63) is 22.4 Å². The summed E-state index contributed by atoms with van der Waals surface area (Å²) in [4.78, 5) is 0. The number of ether oxygens (including phenoxy) is 1. The Balaban J connectivity index is 1.96. The summed E-state index contributed by atoms with van der Waals surface area (Å²) >= 11 is 1.78. The summed E-state index contributed by atoms with van der Waals surface area (Å²) in [6.07, 6.45) is 4.82. The largest absolute Gasteiger partial charge is 0.385 e. The van der Waals surface area contributed by atoms with Gasteiger partial charge in [-0.25, -0.2) is 0 Å². The molecule has 1 unspecified atom stereocenters. The molecule has 0 fully saturated rings. The number of unbranched alkanes of at least 4 members (excludes halogenated alkanes) is 2. The van der Waals surface area contributed by atoms with Gasteiger partial charge in [-0.3, -0.25) is 0 Å². The molecule has 0 radical (unpaired) electrons. The molecule has 0 saturated carbocycles. The van der Waals surface area contributed by atoms with Gasteiger partial charge in [0.2, 0.25) is 0 Å². The van der Waals surface area contributed by atoms with Crippen molar-refractivity contribution in [2.45, 2.75) is 38.6 Å². The van der Waals surface area contributed by atoms with Gasteiger partial charge in [0.25, 0.3) is 0 Å². The lowest BCUT2D eigenvalue weighted by atomic mass is 10.1. The smallest absolute Gasteiger partial charge is 0.0462 e. The SMILES string of the molecule is COCCCCCNC(C)Cc1ccsc1. The summed E-state index contributed by atoms with van der Waals surface area (Å²) in [6.45, 7) is 4.27. The first kappa shape index (κ1) is 13.7. The Morgan fingerprint density at radius 3 is 2.94 bits per heavy atom. The van der Waals surface area contributed by atoms with Crippen molar-refractivity contribution in [1.29, 1.82) is 0 Å². The van der Waals surface area contributed by atoms with Crippen LogP contribution in [0.3, 0.4) is 0 Å². The van der Waals surface area contributed by atoms with Crippen molar-refractivity contribution in [3.8, 4) is 0 Å². The Morgan fingerprint density at radius 2 is 2.25 bits per heavy atom. The van der Waals surface area contributed by atoms with E-state index >= 15 is 0 Å². The fourth-order valence-electron chi connectivity index (χ4n) is 1.73. The topological polar surface area (TPSA) is 21.3 Å². The Labute approximate surface area is 103 Å². The number of methoxy groups -OCH3 is 1. The van der Waals surface area contributed by atoms with Gasteiger partial charge in [-0.15, -0.1) is 0 Å². The number of nitrogens with one attached hydrogen (secondary N) is 1. The van der Waals surface area contributed by atoms with E-state index in [-0.39, 0.29) is 0 Å². The second-order valence-corrected chi connectivity index (χ2v) is 5.02. The van der Waals surface area contributed by atoms with Crippen LogP contribution >= 0.6 is 11.3 Å². The summed E-state index contributed by atoms with van der Waals surface area (Å²) < 4.78 is 5.02. The van der Waals surface area contributed by atoms with Crippen molar-refractivity contribution < 1.29 is 4.74 Å². The average Bonchev–Trinajstić information content (AvgIpc) is 2.76. The molecule has 0 amide bonds. The van der Waals surface area contributed by atoms with Gasteiger partial charge in [0, 0.05) is 19.8 Å². The van der Waals surface area contributed by atoms with E-state index in [1.807, 2.05) is 0 Å². The highest BCUT2D eigenvalue weighted by molar-refractivity contribution is 7.07. The Morgan fingerprint density at radius 1 is 1.38 bits per heavy atom. The van der Waals surface area contributed by atoms with Crippen LogP contribution in [0.2, 0.25) is 0 Å². The third kappa shape index (κ3) is 6.26. The molecular weight excluding hydrogens is 218 g/mol. The summed E-state index contributed by atoms with van der Waals surface area (Å²) in [6, 6.07) is 2.79. The van der Waals surface area contributed by atoms with Crippen LogP contribution in [-0.2, 0) is 11.2 Å². The molecule has 2 nitrogen and oxygen atoms in total. The Kier molecular flexibility index (Phi) is 7.47. The van der Waals surface area contributed by atoms with Crippen molar-refractivity contribution in [2.75, 3.05) is 20.3 Å². The second-order valence-electron chi connectivity index (χ2n) is 4.24. The predicted molar refractivity (Wildman–Crippen MR) is 71.2 cm³/mol. The quantitative estimate of drug-likeness (QED) is 0.671.